The Morgan fingerprint density at radius 3 is 2.36 bits per heavy atom. The van der Waals surface area contributed by atoms with Gasteiger partial charge in [-0.1, -0.05) is 38.1 Å². The number of rotatable bonds is 4. The Bertz CT molecular complexity index is 719. The molecule has 2 aromatic rings. The molecule has 1 aromatic heterocycles. The predicted molar refractivity (Wildman–Crippen MR) is 99.8 cm³/mol. The third-order valence-electron chi connectivity index (χ3n) is 4.70. The van der Waals surface area contributed by atoms with Crippen molar-refractivity contribution >= 4 is 11.9 Å². The minimum absolute atomic E-state index is 0.196. The Morgan fingerprint density at radius 1 is 1.08 bits per heavy atom. The van der Waals surface area contributed by atoms with Gasteiger partial charge in [0.1, 0.15) is 0 Å². The maximum absolute atomic E-state index is 12.6. The number of aromatic nitrogens is 2. The van der Waals surface area contributed by atoms with E-state index in [1.54, 1.807) is 6.20 Å². The molecule has 132 valence electrons. The summed E-state index contributed by atoms with van der Waals surface area (Å²) in [6, 6.07) is 10.3. The van der Waals surface area contributed by atoms with E-state index in [4.69, 9.17) is 0 Å². The number of hydrogen-bond donors (Lipinski definition) is 0. The lowest BCUT2D eigenvalue weighted by molar-refractivity contribution is -0.130. The summed E-state index contributed by atoms with van der Waals surface area (Å²) in [4.78, 5) is 25.5. The molecule has 0 bridgehead atoms. The quantitative estimate of drug-likeness (QED) is 0.860. The number of anilines is 1. The van der Waals surface area contributed by atoms with E-state index >= 15 is 0 Å². The highest BCUT2D eigenvalue weighted by Crippen LogP contribution is 2.16. The van der Waals surface area contributed by atoms with Crippen LogP contribution in [0.3, 0.4) is 0 Å². The summed E-state index contributed by atoms with van der Waals surface area (Å²) in [6.45, 7) is 9.33. The van der Waals surface area contributed by atoms with E-state index in [9.17, 15) is 4.79 Å². The van der Waals surface area contributed by atoms with Gasteiger partial charge in [-0.25, -0.2) is 9.97 Å². The highest BCUT2D eigenvalue weighted by atomic mass is 16.2. The van der Waals surface area contributed by atoms with Crippen LogP contribution >= 0.6 is 0 Å². The van der Waals surface area contributed by atoms with Gasteiger partial charge in [0.25, 0.3) is 0 Å². The Balaban J connectivity index is 1.54. The molecular formula is C20H26N4O. The molecule has 1 aliphatic rings. The molecule has 5 nitrogen and oxygen atoms in total. The fourth-order valence-electron chi connectivity index (χ4n) is 3.05. The minimum Gasteiger partial charge on any atom is -0.339 e. The molecule has 0 N–H and O–H groups in total. The first-order valence-electron chi connectivity index (χ1n) is 8.94. The molecule has 0 atom stereocenters. The monoisotopic (exact) mass is 338 g/mol. The number of carbonyl (C=O) groups excluding carboxylic acids is 1. The van der Waals surface area contributed by atoms with Crippen LogP contribution in [0.2, 0.25) is 0 Å². The molecule has 1 fully saturated rings. The molecule has 0 aliphatic carbocycles. The SMILES string of the molecule is Cc1ccnc(N2CCN(C(=O)Cc3ccc(C(C)C)cc3)CC2)n1. The fourth-order valence-corrected chi connectivity index (χ4v) is 3.05. The van der Waals surface area contributed by atoms with E-state index in [1.165, 1.54) is 5.56 Å². The summed E-state index contributed by atoms with van der Waals surface area (Å²) in [7, 11) is 0. The van der Waals surface area contributed by atoms with Gasteiger partial charge in [0.2, 0.25) is 11.9 Å². The number of carbonyl (C=O) groups is 1. The predicted octanol–water partition coefficient (Wildman–Crippen LogP) is 2.80. The zero-order chi connectivity index (χ0) is 17.8. The number of benzene rings is 1. The van der Waals surface area contributed by atoms with Gasteiger partial charge in [0, 0.05) is 38.1 Å². The number of piperazine rings is 1. The third kappa shape index (κ3) is 4.35. The first-order chi connectivity index (χ1) is 12.0. The lowest BCUT2D eigenvalue weighted by Gasteiger charge is -2.34. The van der Waals surface area contributed by atoms with Crippen molar-refractivity contribution in [2.24, 2.45) is 0 Å². The van der Waals surface area contributed by atoms with Crippen molar-refractivity contribution in [3.05, 3.63) is 53.3 Å². The van der Waals surface area contributed by atoms with Crippen molar-refractivity contribution in [1.29, 1.82) is 0 Å². The van der Waals surface area contributed by atoms with Crippen molar-refractivity contribution in [1.82, 2.24) is 14.9 Å². The summed E-state index contributed by atoms with van der Waals surface area (Å²) in [5.41, 5.74) is 3.36. The zero-order valence-corrected chi connectivity index (χ0v) is 15.3. The second kappa shape index (κ2) is 7.64. The maximum atomic E-state index is 12.6. The summed E-state index contributed by atoms with van der Waals surface area (Å²) < 4.78 is 0. The normalized spacial score (nSPS) is 14.9. The highest BCUT2D eigenvalue weighted by Gasteiger charge is 2.22. The van der Waals surface area contributed by atoms with E-state index in [0.717, 1.165) is 43.4 Å². The van der Waals surface area contributed by atoms with Crippen molar-refractivity contribution in [3.63, 3.8) is 0 Å². The van der Waals surface area contributed by atoms with Crippen molar-refractivity contribution < 1.29 is 4.79 Å². The van der Waals surface area contributed by atoms with E-state index in [0.29, 0.717) is 12.3 Å². The van der Waals surface area contributed by atoms with Gasteiger partial charge >= 0.3 is 0 Å². The Hall–Kier alpha value is -2.43. The van der Waals surface area contributed by atoms with Crippen LogP contribution in [0.5, 0.6) is 0 Å². The summed E-state index contributed by atoms with van der Waals surface area (Å²) in [5.74, 6) is 1.47. The number of aryl methyl sites for hydroxylation is 1. The van der Waals surface area contributed by atoms with Gasteiger partial charge in [-0.3, -0.25) is 4.79 Å². The Labute approximate surface area is 149 Å². The van der Waals surface area contributed by atoms with Crippen molar-refractivity contribution in [2.75, 3.05) is 31.1 Å². The number of nitrogens with zero attached hydrogens (tertiary/aromatic N) is 4. The lowest BCUT2D eigenvalue weighted by Crippen LogP contribution is -2.49. The van der Waals surface area contributed by atoms with Gasteiger partial charge in [-0.15, -0.1) is 0 Å². The first-order valence-corrected chi connectivity index (χ1v) is 8.94. The van der Waals surface area contributed by atoms with Crippen LogP contribution in [-0.2, 0) is 11.2 Å². The van der Waals surface area contributed by atoms with E-state index in [-0.39, 0.29) is 5.91 Å². The van der Waals surface area contributed by atoms with E-state index < -0.39 is 0 Å². The van der Waals surface area contributed by atoms with Crippen LogP contribution < -0.4 is 4.90 Å². The molecular weight excluding hydrogens is 312 g/mol. The number of hydrogen-bond acceptors (Lipinski definition) is 4. The Kier molecular flexibility index (Phi) is 5.31. The molecule has 0 spiro atoms. The average Bonchev–Trinajstić information content (AvgIpc) is 2.62. The Morgan fingerprint density at radius 2 is 1.76 bits per heavy atom. The van der Waals surface area contributed by atoms with Crippen LogP contribution in [0.4, 0.5) is 5.95 Å². The van der Waals surface area contributed by atoms with Gasteiger partial charge in [0.15, 0.2) is 0 Å². The standard InChI is InChI=1S/C20H26N4O/c1-15(2)18-6-4-17(5-7-18)14-19(25)23-10-12-24(13-11-23)20-21-9-8-16(3)22-20/h4-9,15H,10-14H2,1-3H3. The molecule has 1 aromatic carbocycles. The fraction of sp³-hybridized carbons (Fsp3) is 0.450. The van der Waals surface area contributed by atoms with Gasteiger partial charge < -0.3 is 9.80 Å². The largest absolute Gasteiger partial charge is 0.339 e. The maximum Gasteiger partial charge on any atom is 0.227 e. The van der Waals surface area contributed by atoms with Gasteiger partial charge in [0.05, 0.1) is 6.42 Å². The molecule has 1 aliphatic heterocycles. The van der Waals surface area contributed by atoms with Crippen LogP contribution in [0.25, 0.3) is 0 Å². The smallest absolute Gasteiger partial charge is 0.227 e. The van der Waals surface area contributed by atoms with Crippen LogP contribution in [-0.4, -0.2) is 47.0 Å². The van der Waals surface area contributed by atoms with Crippen LogP contribution in [0.1, 0.15) is 36.6 Å². The average molecular weight is 338 g/mol. The third-order valence-corrected chi connectivity index (χ3v) is 4.70. The second-order valence-corrected chi connectivity index (χ2v) is 6.94. The molecule has 0 radical (unpaired) electrons. The summed E-state index contributed by atoms with van der Waals surface area (Å²) in [5, 5.41) is 0. The molecule has 0 unspecified atom stereocenters. The highest BCUT2D eigenvalue weighted by molar-refractivity contribution is 5.79. The van der Waals surface area contributed by atoms with E-state index in [1.807, 2.05) is 17.9 Å². The van der Waals surface area contributed by atoms with Crippen LogP contribution in [0.15, 0.2) is 36.5 Å². The topological polar surface area (TPSA) is 49.3 Å². The molecule has 25 heavy (non-hydrogen) atoms. The first kappa shape index (κ1) is 17.4. The number of amides is 1. The summed E-state index contributed by atoms with van der Waals surface area (Å²) in [6.07, 6.45) is 2.26. The van der Waals surface area contributed by atoms with E-state index in [2.05, 4.69) is 53.0 Å². The van der Waals surface area contributed by atoms with Crippen molar-refractivity contribution in [2.45, 2.75) is 33.1 Å². The van der Waals surface area contributed by atoms with Crippen molar-refractivity contribution in [3.8, 4) is 0 Å². The van der Waals surface area contributed by atoms with Gasteiger partial charge in [-0.05, 0) is 30.0 Å². The van der Waals surface area contributed by atoms with Crippen LogP contribution in [0, 0.1) is 6.92 Å². The molecule has 2 heterocycles. The summed E-state index contributed by atoms with van der Waals surface area (Å²) >= 11 is 0. The molecule has 3 rings (SSSR count). The molecule has 5 heteroatoms. The molecule has 1 saturated heterocycles. The minimum atomic E-state index is 0.196. The lowest BCUT2D eigenvalue weighted by atomic mass is 10.0. The molecule has 0 saturated carbocycles. The van der Waals surface area contributed by atoms with Gasteiger partial charge in [-0.2, -0.15) is 0 Å². The second-order valence-electron chi connectivity index (χ2n) is 6.94. The zero-order valence-electron chi connectivity index (χ0n) is 15.3. The molecule has 1 amide bonds.